The van der Waals surface area contributed by atoms with Crippen molar-refractivity contribution in [1.29, 1.82) is 0 Å². The maximum absolute atomic E-state index is 9.52. The molecule has 0 aliphatic heterocycles. The molecule has 8 heavy (non-hydrogen) atoms. The Hall–Kier alpha value is -0.620. The highest BCUT2D eigenvalue weighted by molar-refractivity contribution is 5.32. The van der Waals surface area contributed by atoms with E-state index in [1.807, 2.05) is 20.3 Å². The fourth-order valence-electron chi connectivity index (χ4n) is 0.287. The van der Waals surface area contributed by atoms with Gasteiger partial charge in [-0.2, -0.15) is 0 Å². The lowest BCUT2D eigenvalue weighted by molar-refractivity contribution is 0.559. The van der Waals surface area contributed by atoms with E-state index in [-0.39, 0.29) is 0 Å². The van der Waals surface area contributed by atoms with Gasteiger partial charge in [0.05, 0.1) is 6.54 Å². The molecule has 0 amide bonds. The van der Waals surface area contributed by atoms with Crippen LogP contribution in [0.5, 0.6) is 0 Å². The first-order valence-electron chi connectivity index (χ1n) is 2.64. The maximum Gasteiger partial charge on any atom is 0.234 e. The molecule has 45 valence electrons. The molecule has 0 aromatic rings. The van der Waals surface area contributed by atoms with Gasteiger partial charge in [0.25, 0.3) is 0 Å². The molecule has 0 heterocycles. The van der Waals surface area contributed by atoms with Crippen molar-refractivity contribution >= 4 is 6.08 Å². The molecule has 0 aromatic heterocycles. The Labute approximate surface area is 49.6 Å². The normalized spacial score (nSPS) is 12.2. The SMILES string of the molecule is C[CH]C(C)CN=C=O. The Morgan fingerprint density at radius 1 is 1.88 bits per heavy atom. The number of hydrogen-bond donors (Lipinski definition) is 0. The Morgan fingerprint density at radius 3 is 2.88 bits per heavy atom. The fourth-order valence-corrected chi connectivity index (χ4v) is 0.287. The second kappa shape index (κ2) is 4.54. The van der Waals surface area contributed by atoms with Crippen molar-refractivity contribution in [2.45, 2.75) is 13.8 Å². The largest absolute Gasteiger partial charge is 0.234 e. The van der Waals surface area contributed by atoms with Crippen molar-refractivity contribution in [3.8, 4) is 0 Å². The van der Waals surface area contributed by atoms with Crippen LogP contribution in [0.15, 0.2) is 4.99 Å². The Balaban J connectivity index is 3.23. The Morgan fingerprint density at radius 2 is 2.50 bits per heavy atom. The lowest BCUT2D eigenvalue weighted by Crippen LogP contribution is -1.95. The third-order valence-corrected chi connectivity index (χ3v) is 1.01. The molecule has 1 radical (unpaired) electrons. The summed E-state index contributed by atoms with van der Waals surface area (Å²) in [5.41, 5.74) is 0. The van der Waals surface area contributed by atoms with Crippen LogP contribution in [0.2, 0.25) is 0 Å². The van der Waals surface area contributed by atoms with Gasteiger partial charge in [-0.3, -0.25) is 0 Å². The molecular formula is C6H10NO. The number of rotatable bonds is 3. The molecule has 0 fully saturated rings. The fraction of sp³-hybridized carbons (Fsp3) is 0.667. The van der Waals surface area contributed by atoms with Crippen LogP contribution in [0.25, 0.3) is 0 Å². The van der Waals surface area contributed by atoms with Gasteiger partial charge < -0.3 is 0 Å². The summed E-state index contributed by atoms with van der Waals surface area (Å²) in [6.07, 6.45) is 3.49. The van der Waals surface area contributed by atoms with Gasteiger partial charge in [0.1, 0.15) is 0 Å². The molecule has 0 spiro atoms. The van der Waals surface area contributed by atoms with Crippen molar-refractivity contribution in [3.05, 3.63) is 6.42 Å². The molecule has 0 saturated heterocycles. The Bertz CT molecular complexity index is 94.7. The lowest BCUT2D eigenvalue weighted by atomic mass is 10.1. The van der Waals surface area contributed by atoms with Crippen LogP contribution in [-0.2, 0) is 4.79 Å². The van der Waals surface area contributed by atoms with Crippen LogP contribution in [0, 0.1) is 12.3 Å². The molecule has 2 nitrogen and oxygen atoms in total. The molecule has 0 rings (SSSR count). The first-order valence-corrected chi connectivity index (χ1v) is 2.64. The van der Waals surface area contributed by atoms with Gasteiger partial charge in [0.15, 0.2) is 0 Å². The van der Waals surface area contributed by atoms with Crippen molar-refractivity contribution in [3.63, 3.8) is 0 Å². The average Bonchev–Trinajstić information content (AvgIpc) is 1.83. The smallest absolute Gasteiger partial charge is 0.211 e. The highest BCUT2D eigenvalue weighted by Crippen LogP contribution is 1.97. The van der Waals surface area contributed by atoms with Crippen LogP contribution < -0.4 is 0 Å². The predicted octanol–water partition coefficient (Wildman–Crippen LogP) is 1.18. The number of nitrogens with zero attached hydrogens (tertiary/aromatic N) is 1. The average molecular weight is 112 g/mol. The number of aliphatic imine (C=N–C) groups is 1. The van der Waals surface area contributed by atoms with E-state index >= 15 is 0 Å². The Kier molecular flexibility index (Phi) is 4.19. The van der Waals surface area contributed by atoms with Crippen molar-refractivity contribution in [1.82, 2.24) is 0 Å². The topological polar surface area (TPSA) is 29.4 Å². The summed E-state index contributed by atoms with van der Waals surface area (Å²) in [6, 6.07) is 0. The van der Waals surface area contributed by atoms with Gasteiger partial charge in [0, 0.05) is 0 Å². The second-order valence-electron chi connectivity index (χ2n) is 1.74. The van der Waals surface area contributed by atoms with Crippen molar-refractivity contribution in [2.24, 2.45) is 10.9 Å². The van der Waals surface area contributed by atoms with Crippen LogP contribution in [0.3, 0.4) is 0 Å². The lowest BCUT2D eigenvalue weighted by Gasteiger charge is -1.98. The zero-order valence-electron chi connectivity index (χ0n) is 5.22. The third kappa shape index (κ3) is 3.57. The van der Waals surface area contributed by atoms with E-state index in [2.05, 4.69) is 4.99 Å². The summed E-state index contributed by atoms with van der Waals surface area (Å²) in [6.45, 7) is 4.52. The summed E-state index contributed by atoms with van der Waals surface area (Å²) in [5, 5.41) is 0. The van der Waals surface area contributed by atoms with E-state index < -0.39 is 0 Å². The standard InChI is InChI=1S/C6H10NO/c1-3-6(2)4-7-5-8/h3,6H,4H2,1-2H3. The monoisotopic (exact) mass is 112 g/mol. The summed E-state index contributed by atoms with van der Waals surface area (Å²) in [4.78, 5) is 12.9. The summed E-state index contributed by atoms with van der Waals surface area (Å²) in [7, 11) is 0. The van der Waals surface area contributed by atoms with E-state index in [0.717, 1.165) is 0 Å². The molecule has 0 aliphatic rings. The third-order valence-electron chi connectivity index (χ3n) is 1.01. The van der Waals surface area contributed by atoms with Crippen LogP contribution >= 0.6 is 0 Å². The van der Waals surface area contributed by atoms with Gasteiger partial charge in [-0.1, -0.05) is 13.8 Å². The predicted molar refractivity (Wildman–Crippen MR) is 32.1 cm³/mol. The minimum atomic E-state index is 0.399. The van der Waals surface area contributed by atoms with Gasteiger partial charge >= 0.3 is 0 Å². The van der Waals surface area contributed by atoms with Gasteiger partial charge in [0.2, 0.25) is 6.08 Å². The molecule has 0 saturated carbocycles. The van der Waals surface area contributed by atoms with Crippen molar-refractivity contribution in [2.75, 3.05) is 6.54 Å². The van der Waals surface area contributed by atoms with Gasteiger partial charge in [-0.05, 0) is 12.3 Å². The molecule has 0 bridgehead atoms. The van der Waals surface area contributed by atoms with Crippen molar-refractivity contribution < 1.29 is 4.79 Å². The molecule has 2 heteroatoms. The minimum Gasteiger partial charge on any atom is -0.211 e. The summed E-state index contributed by atoms with van der Waals surface area (Å²) in [5.74, 6) is 0.399. The quantitative estimate of drug-likeness (QED) is 0.398. The van der Waals surface area contributed by atoms with E-state index in [4.69, 9.17) is 0 Å². The highest BCUT2D eigenvalue weighted by Gasteiger charge is 1.93. The van der Waals surface area contributed by atoms with E-state index in [0.29, 0.717) is 12.5 Å². The second-order valence-corrected chi connectivity index (χ2v) is 1.74. The molecule has 0 aliphatic carbocycles. The number of hydrogen-bond acceptors (Lipinski definition) is 2. The molecular weight excluding hydrogens is 102 g/mol. The number of isocyanates is 1. The maximum atomic E-state index is 9.52. The molecule has 1 atom stereocenters. The molecule has 1 unspecified atom stereocenters. The summed E-state index contributed by atoms with van der Waals surface area (Å²) >= 11 is 0. The first-order chi connectivity index (χ1) is 3.81. The van der Waals surface area contributed by atoms with E-state index in [9.17, 15) is 4.79 Å². The molecule has 0 aromatic carbocycles. The van der Waals surface area contributed by atoms with E-state index in [1.54, 1.807) is 0 Å². The minimum absolute atomic E-state index is 0.399. The van der Waals surface area contributed by atoms with Gasteiger partial charge in [-0.15, -0.1) is 0 Å². The van der Waals surface area contributed by atoms with Crippen LogP contribution in [0.4, 0.5) is 0 Å². The van der Waals surface area contributed by atoms with E-state index in [1.165, 1.54) is 6.08 Å². The zero-order valence-corrected chi connectivity index (χ0v) is 5.22. The summed E-state index contributed by atoms with van der Waals surface area (Å²) < 4.78 is 0. The van der Waals surface area contributed by atoms with Gasteiger partial charge in [-0.25, -0.2) is 9.79 Å². The number of carbonyl (C=O) groups excluding carboxylic acids is 1. The van der Waals surface area contributed by atoms with Crippen LogP contribution in [-0.4, -0.2) is 12.6 Å². The van der Waals surface area contributed by atoms with Crippen LogP contribution in [0.1, 0.15) is 13.8 Å². The first kappa shape index (κ1) is 7.38. The molecule has 0 N–H and O–H groups in total. The zero-order chi connectivity index (χ0) is 6.41. The highest BCUT2D eigenvalue weighted by atomic mass is 16.1.